The number of ether oxygens (including phenoxy) is 1. The highest BCUT2D eigenvalue weighted by molar-refractivity contribution is 5.38. The largest absolute Gasteiger partial charge is 0.497 e. The van der Waals surface area contributed by atoms with Crippen LogP contribution in [-0.2, 0) is 0 Å². The zero-order chi connectivity index (χ0) is 14.5. The summed E-state index contributed by atoms with van der Waals surface area (Å²) in [7, 11) is 1.65. The van der Waals surface area contributed by atoms with Crippen LogP contribution in [0.15, 0.2) is 42.5 Å². The third kappa shape index (κ3) is 3.36. The Morgan fingerprint density at radius 1 is 1.15 bits per heavy atom. The number of rotatable bonds is 5. The molecule has 0 heterocycles. The number of hydrogen-bond donors (Lipinski definition) is 1. The molecule has 2 rings (SSSR count). The van der Waals surface area contributed by atoms with Crippen molar-refractivity contribution in [3.05, 3.63) is 65.0 Å². The summed E-state index contributed by atoms with van der Waals surface area (Å²) in [6.45, 7) is 4.75. The van der Waals surface area contributed by atoms with Crippen molar-refractivity contribution in [1.29, 1.82) is 0 Å². The highest BCUT2D eigenvalue weighted by Gasteiger charge is 2.14. The second-order valence-electron chi connectivity index (χ2n) is 4.83. The molecular weight excluding hydrogens is 253 g/mol. The van der Waals surface area contributed by atoms with Crippen LogP contribution in [0.1, 0.15) is 29.7 Å². The lowest BCUT2D eigenvalue weighted by molar-refractivity contribution is 0.413. The maximum atomic E-state index is 13.6. The topological polar surface area (TPSA) is 21.3 Å². The Balaban J connectivity index is 2.43. The van der Waals surface area contributed by atoms with Gasteiger partial charge in [0.15, 0.2) is 0 Å². The number of halogens is 1. The molecule has 0 amide bonds. The number of nitrogens with one attached hydrogen (secondary N) is 1. The number of hydrogen-bond acceptors (Lipinski definition) is 2. The molecule has 0 fully saturated rings. The third-order valence-electron chi connectivity index (χ3n) is 3.23. The molecule has 0 aliphatic carbocycles. The van der Waals surface area contributed by atoms with Gasteiger partial charge < -0.3 is 10.1 Å². The van der Waals surface area contributed by atoms with Crippen molar-refractivity contribution in [2.24, 2.45) is 0 Å². The quantitative estimate of drug-likeness (QED) is 0.893. The molecule has 1 atom stereocenters. The normalized spacial score (nSPS) is 12.2. The second kappa shape index (κ2) is 6.53. The van der Waals surface area contributed by atoms with E-state index in [1.165, 1.54) is 6.07 Å². The molecule has 0 aromatic heterocycles. The smallest absolute Gasteiger partial charge is 0.123 e. The number of methoxy groups -OCH3 is 1. The molecule has 3 heteroatoms. The van der Waals surface area contributed by atoms with Gasteiger partial charge in [-0.05, 0) is 54.4 Å². The van der Waals surface area contributed by atoms with Crippen molar-refractivity contribution >= 4 is 0 Å². The van der Waals surface area contributed by atoms with Gasteiger partial charge in [-0.25, -0.2) is 4.39 Å². The molecule has 2 nitrogen and oxygen atoms in total. The molecule has 0 bridgehead atoms. The van der Waals surface area contributed by atoms with Crippen LogP contribution in [0.25, 0.3) is 0 Å². The fourth-order valence-corrected chi connectivity index (χ4v) is 2.38. The first-order valence-electron chi connectivity index (χ1n) is 6.78. The minimum atomic E-state index is -0.203. The molecule has 106 valence electrons. The van der Waals surface area contributed by atoms with Crippen LogP contribution < -0.4 is 10.1 Å². The average Bonchev–Trinajstić information content (AvgIpc) is 2.43. The first-order valence-corrected chi connectivity index (χ1v) is 6.78. The first-order chi connectivity index (χ1) is 9.63. The SMILES string of the molecule is CCNC(c1cc(C)cc(F)c1)c1cccc(OC)c1. The van der Waals surface area contributed by atoms with E-state index in [4.69, 9.17) is 4.74 Å². The van der Waals surface area contributed by atoms with Crippen molar-refractivity contribution < 1.29 is 9.13 Å². The van der Waals surface area contributed by atoms with Crippen LogP contribution >= 0.6 is 0 Å². The monoisotopic (exact) mass is 273 g/mol. The van der Waals surface area contributed by atoms with Gasteiger partial charge in [-0.15, -0.1) is 0 Å². The van der Waals surface area contributed by atoms with Gasteiger partial charge in [0.2, 0.25) is 0 Å². The molecule has 0 radical (unpaired) electrons. The summed E-state index contributed by atoms with van der Waals surface area (Å²) in [5, 5.41) is 3.40. The third-order valence-corrected chi connectivity index (χ3v) is 3.23. The Morgan fingerprint density at radius 3 is 2.60 bits per heavy atom. The predicted molar refractivity (Wildman–Crippen MR) is 79.7 cm³/mol. The van der Waals surface area contributed by atoms with E-state index >= 15 is 0 Å². The molecule has 1 unspecified atom stereocenters. The molecule has 2 aromatic carbocycles. The van der Waals surface area contributed by atoms with Crippen LogP contribution in [0.3, 0.4) is 0 Å². The van der Waals surface area contributed by atoms with Crippen molar-refractivity contribution in [2.45, 2.75) is 19.9 Å². The average molecular weight is 273 g/mol. The minimum Gasteiger partial charge on any atom is -0.497 e. The minimum absolute atomic E-state index is 0.0375. The molecule has 0 spiro atoms. The first kappa shape index (κ1) is 14.5. The lowest BCUT2D eigenvalue weighted by Gasteiger charge is -2.20. The summed E-state index contributed by atoms with van der Waals surface area (Å²) in [6.07, 6.45) is 0. The molecule has 20 heavy (non-hydrogen) atoms. The fourth-order valence-electron chi connectivity index (χ4n) is 2.38. The molecule has 0 saturated carbocycles. The Kier molecular flexibility index (Phi) is 4.74. The Labute approximate surface area is 119 Å². The van der Waals surface area contributed by atoms with Crippen molar-refractivity contribution in [1.82, 2.24) is 5.32 Å². The Bertz CT molecular complexity index is 563. The van der Waals surface area contributed by atoms with E-state index in [1.54, 1.807) is 13.2 Å². The summed E-state index contributed by atoms with van der Waals surface area (Å²) >= 11 is 0. The lowest BCUT2D eigenvalue weighted by Crippen LogP contribution is -2.22. The van der Waals surface area contributed by atoms with Crippen molar-refractivity contribution in [3.63, 3.8) is 0 Å². The second-order valence-corrected chi connectivity index (χ2v) is 4.83. The van der Waals surface area contributed by atoms with Gasteiger partial charge in [0.05, 0.1) is 13.2 Å². The van der Waals surface area contributed by atoms with Gasteiger partial charge in [0, 0.05) is 0 Å². The summed E-state index contributed by atoms with van der Waals surface area (Å²) in [4.78, 5) is 0. The zero-order valence-electron chi connectivity index (χ0n) is 12.1. The molecule has 0 aliphatic heterocycles. The van der Waals surface area contributed by atoms with Gasteiger partial charge in [-0.3, -0.25) is 0 Å². The Morgan fingerprint density at radius 2 is 1.95 bits per heavy atom. The molecule has 2 aromatic rings. The van der Waals surface area contributed by atoms with Crippen molar-refractivity contribution in [2.75, 3.05) is 13.7 Å². The van der Waals surface area contributed by atoms with Crippen LogP contribution in [-0.4, -0.2) is 13.7 Å². The number of benzene rings is 2. The van der Waals surface area contributed by atoms with Crippen LogP contribution in [0.2, 0.25) is 0 Å². The zero-order valence-corrected chi connectivity index (χ0v) is 12.1. The van der Waals surface area contributed by atoms with Crippen molar-refractivity contribution in [3.8, 4) is 5.75 Å². The van der Waals surface area contributed by atoms with Gasteiger partial charge in [-0.2, -0.15) is 0 Å². The number of aryl methyl sites for hydroxylation is 1. The van der Waals surface area contributed by atoms with E-state index in [2.05, 4.69) is 5.32 Å². The predicted octanol–water partition coefficient (Wildman–Crippen LogP) is 3.84. The van der Waals surface area contributed by atoms with E-state index < -0.39 is 0 Å². The van der Waals surface area contributed by atoms with E-state index in [1.807, 2.05) is 44.2 Å². The summed E-state index contributed by atoms with van der Waals surface area (Å²) in [5.41, 5.74) is 2.92. The standard InChI is InChI=1S/C17H20FNO/c1-4-19-17(13-6-5-7-16(11-13)20-3)14-8-12(2)9-15(18)10-14/h5-11,17,19H,4H2,1-3H3. The Hall–Kier alpha value is -1.87. The maximum Gasteiger partial charge on any atom is 0.123 e. The summed E-state index contributed by atoms with van der Waals surface area (Å²) in [5.74, 6) is 0.601. The highest BCUT2D eigenvalue weighted by atomic mass is 19.1. The fraction of sp³-hybridized carbons (Fsp3) is 0.294. The van der Waals surface area contributed by atoms with E-state index in [0.717, 1.165) is 29.0 Å². The van der Waals surface area contributed by atoms with E-state index in [0.29, 0.717) is 0 Å². The van der Waals surface area contributed by atoms with E-state index in [-0.39, 0.29) is 11.9 Å². The lowest BCUT2D eigenvalue weighted by atomic mass is 9.97. The van der Waals surface area contributed by atoms with Gasteiger partial charge in [0.1, 0.15) is 11.6 Å². The molecular formula is C17H20FNO. The molecule has 0 aliphatic rings. The highest BCUT2D eigenvalue weighted by Crippen LogP contribution is 2.26. The summed E-state index contributed by atoms with van der Waals surface area (Å²) < 4.78 is 18.9. The van der Waals surface area contributed by atoms with Crippen LogP contribution in [0.4, 0.5) is 4.39 Å². The summed E-state index contributed by atoms with van der Waals surface area (Å²) in [6, 6.07) is 13.0. The van der Waals surface area contributed by atoms with Gasteiger partial charge in [-0.1, -0.05) is 25.1 Å². The van der Waals surface area contributed by atoms with Crippen LogP contribution in [0, 0.1) is 12.7 Å². The molecule has 0 saturated heterocycles. The van der Waals surface area contributed by atoms with Gasteiger partial charge >= 0.3 is 0 Å². The van der Waals surface area contributed by atoms with Crippen LogP contribution in [0.5, 0.6) is 5.75 Å². The molecule has 1 N–H and O–H groups in total. The van der Waals surface area contributed by atoms with Gasteiger partial charge in [0.25, 0.3) is 0 Å². The van der Waals surface area contributed by atoms with E-state index in [9.17, 15) is 4.39 Å². The maximum absolute atomic E-state index is 13.6.